The molecule has 1 unspecified atom stereocenters. The zero-order valence-electron chi connectivity index (χ0n) is 21.8. The van der Waals surface area contributed by atoms with E-state index in [0.717, 1.165) is 26.2 Å². The molecule has 2 aliphatic rings. The highest BCUT2D eigenvalue weighted by Crippen LogP contribution is 2.48. The summed E-state index contributed by atoms with van der Waals surface area (Å²) >= 11 is 2.28. The minimum atomic E-state index is -2.45. The first kappa shape index (κ1) is 27.4. The van der Waals surface area contributed by atoms with Crippen molar-refractivity contribution >= 4 is 36.9 Å². The highest BCUT2D eigenvalue weighted by Gasteiger charge is 2.58. The largest absolute Gasteiger partial charge is 0.497 e. The third-order valence-electron chi connectivity index (χ3n) is 7.75. The number of cyclic esters (lactones) is 1. The quantitative estimate of drug-likeness (QED) is 0.231. The molecule has 0 radical (unpaired) electrons. The summed E-state index contributed by atoms with van der Waals surface area (Å²) in [5.41, 5.74) is 1.98. The minimum Gasteiger partial charge on any atom is -0.497 e. The molecular formula is C27H36INO6Si. The van der Waals surface area contributed by atoms with Crippen molar-refractivity contribution in [2.24, 2.45) is 5.92 Å². The van der Waals surface area contributed by atoms with E-state index in [9.17, 15) is 9.59 Å². The number of halogens is 1. The lowest BCUT2D eigenvalue weighted by Crippen LogP contribution is -2.42. The molecule has 2 aromatic rings. The molecule has 0 aromatic heterocycles. The van der Waals surface area contributed by atoms with E-state index in [1.165, 1.54) is 0 Å². The van der Waals surface area contributed by atoms with Gasteiger partial charge >= 0.3 is 5.97 Å². The normalized spacial score (nSPS) is 24.5. The molecule has 0 spiro atoms. The number of ether oxygens (including phenoxy) is 3. The first-order valence-electron chi connectivity index (χ1n) is 12.3. The van der Waals surface area contributed by atoms with Crippen LogP contribution in [0.2, 0.25) is 18.1 Å². The highest BCUT2D eigenvalue weighted by atomic mass is 127. The van der Waals surface area contributed by atoms with E-state index < -0.39 is 14.4 Å². The average molecular weight is 626 g/mol. The molecule has 2 heterocycles. The summed E-state index contributed by atoms with van der Waals surface area (Å²) in [6, 6.07) is 13.3. The number of methoxy groups -OCH3 is 1. The Kier molecular flexibility index (Phi) is 8.06. The Hall–Kier alpha value is -1.66. The van der Waals surface area contributed by atoms with E-state index in [2.05, 4.69) is 36.4 Å². The van der Waals surface area contributed by atoms with Gasteiger partial charge in [-0.15, -0.1) is 0 Å². The second-order valence-electron chi connectivity index (χ2n) is 10.9. The maximum Gasteiger partial charge on any atom is 0.326 e. The van der Waals surface area contributed by atoms with Gasteiger partial charge < -0.3 is 19.0 Å². The molecule has 0 bridgehead atoms. The zero-order chi connectivity index (χ0) is 26.3. The minimum absolute atomic E-state index is 0.0837. The molecule has 4 atom stereocenters. The first-order chi connectivity index (χ1) is 16.9. The average Bonchev–Trinajstić information content (AvgIpc) is 3.30. The van der Waals surface area contributed by atoms with Crippen LogP contribution in [0.25, 0.3) is 0 Å². The SMILES string of the molecule is COc1ccc(COc2c(I)cccc2CN2OC(CC(C)(C)[Si](C)(C)O)[C@H]3[C@H](C)OC(=O)[C@H]32)cc1. The number of esters is 1. The van der Waals surface area contributed by atoms with Crippen LogP contribution in [0, 0.1) is 9.49 Å². The second-order valence-corrected chi connectivity index (χ2v) is 16.5. The number of benzene rings is 2. The Labute approximate surface area is 228 Å². The lowest BCUT2D eigenvalue weighted by atomic mass is 9.87. The van der Waals surface area contributed by atoms with Crippen LogP contribution in [0.5, 0.6) is 11.5 Å². The summed E-state index contributed by atoms with van der Waals surface area (Å²) in [5, 5.41) is 1.49. The van der Waals surface area contributed by atoms with Crippen LogP contribution in [-0.2, 0) is 27.5 Å². The highest BCUT2D eigenvalue weighted by molar-refractivity contribution is 14.1. The number of hydrogen-bond acceptors (Lipinski definition) is 7. The van der Waals surface area contributed by atoms with Gasteiger partial charge in [0.2, 0.25) is 0 Å². The predicted molar refractivity (Wildman–Crippen MR) is 148 cm³/mol. The maximum absolute atomic E-state index is 12.9. The molecule has 1 N–H and O–H groups in total. The maximum atomic E-state index is 12.9. The number of carbonyl (C=O) groups excluding carboxylic acids is 1. The molecule has 2 saturated heterocycles. The molecule has 2 aromatic carbocycles. The van der Waals surface area contributed by atoms with Crippen LogP contribution in [0.3, 0.4) is 0 Å². The Morgan fingerprint density at radius 1 is 1.17 bits per heavy atom. The Morgan fingerprint density at radius 3 is 2.50 bits per heavy atom. The van der Waals surface area contributed by atoms with E-state index in [0.29, 0.717) is 19.6 Å². The van der Waals surface area contributed by atoms with Gasteiger partial charge in [-0.2, -0.15) is 5.06 Å². The monoisotopic (exact) mass is 625 g/mol. The van der Waals surface area contributed by atoms with Gasteiger partial charge in [-0.1, -0.05) is 38.1 Å². The smallest absolute Gasteiger partial charge is 0.326 e. The molecule has 2 fully saturated rings. The second kappa shape index (κ2) is 10.6. The Morgan fingerprint density at radius 2 is 1.86 bits per heavy atom. The van der Waals surface area contributed by atoms with Gasteiger partial charge in [0.15, 0.2) is 8.32 Å². The number of hydroxylamine groups is 2. The van der Waals surface area contributed by atoms with Crippen LogP contribution in [0.4, 0.5) is 0 Å². The summed E-state index contributed by atoms with van der Waals surface area (Å²) in [5.74, 6) is 1.25. The number of nitrogens with zero attached hydrogens (tertiary/aromatic N) is 1. The first-order valence-corrected chi connectivity index (χ1v) is 16.3. The van der Waals surface area contributed by atoms with Crippen molar-refractivity contribution in [1.29, 1.82) is 0 Å². The van der Waals surface area contributed by atoms with Gasteiger partial charge in [0.1, 0.15) is 30.3 Å². The fourth-order valence-electron chi connectivity index (χ4n) is 4.82. The summed E-state index contributed by atoms with van der Waals surface area (Å²) in [7, 11) is -0.803. The number of fused-ring (bicyclic) bond motifs is 1. The molecule has 36 heavy (non-hydrogen) atoms. The molecule has 4 rings (SSSR count). The molecule has 0 amide bonds. The molecular weight excluding hydrogens is 589 g/mol. The van der Waals surface area contributed by atoms with Gasteiger partial charge in [0, 0.05) is 5.56 Å². The van der Waals surface area contributed by atoms with E-state index >= 15 is 0 Å². The summed E-state index contributed by atoms with van der Waals surface area (Å²) in [6.45, 7) is 10.8. The molecule has 0 saturated carbocycles. The Balaban J connectivity index is 1.54. The van der Waals surface area contributed by atoms with Crippen LogP contribution < -0.4 is 9.47 Å². The van der Waals surface area contributed by atoms with Crippen molar-refractivity contribution in [2.45, 2.75) is 76.7 Å². The number of para-hydroxylation sites is 1. The lowest BCUT2D eigenvalue weighted by molar-refractivity contribution is -0.192. The van der Waals surface area contributed by atoms with Crippen LogP contribution in [0.15, 0.2) is 42.5 Å². The summed E-state index contributed by atoms with van der Waals surface area (Å²) < 4.78 is 18.2. The Bertz CT molecular complexity index is 1090. The van der Waals surface area contributed by atoms with Crippen LogP contribution in [0.1, 0.15) is 38.3 Å². The number of rotatable bonds is 9. The van der Waals surface area contributed by atoms with Crippen molar-refractivity contribution < 1.29 is 28.6 Å². The summed E-state index contributed by atoms with van der Waals surface area (Å²) in [4.78, 5) is 30.2. The third kappa shape index (κ3) is 5.59. The van der Waals surface area contributed by atoms with Crippen LogP contribution >= 0.6 is 22.6 Å². The predicted octanol–water partition coefficient (Wildman–Crippen LogP) is 5.29. The van der Waals surface area contributed by atoms with Crippen molar-refractivity contribution in [3.05, 3.63) is 57.2 Å². The topological polar surface area (TPSA) is 77.5 Å². The van der Waals surface area contributed by atoms with Crippen molar-refractivity contribution in [3.8, 4) is 11.5 Å². The van der Waals surface area contributed by atoms with Gasteiger partial charge in [-0.25, -0.2) is 0 Å². The third-order valence-corrected chi connectivity index (χ3v) is 12.1. The van der Waals surface area contributed by atoms with Crippen LogP contribution in [-0.4, -0.2) is 49.5 Å². The van der Waals surface area contributed by atoms with E-state index in [1.807, 2.05) is 62.5 Å². The van der Waals surface area contributed by atoms with E-state index in [-0.39, 0.29) is 29.1 Å². The molecule has 7 nitrogen and oxygen atoms in total. The van der Waals surface area contributed by atoms with Gasteiger partial charge in [-0.3, -0.25) is 9.63 Å². The molecule has 2 aliphatic heterocycles. The van der Waals surface area contributed by atoms with Gasteiger partial charge in [0.25, 0.3) is 0 Å². The van der Waals surface area contributed by atoms with Crippen molar-refractivity contribution in [3.63, 3.8) is 0 Å². The van der Waals surface area contributed by atoms with Gasteiger partial charge in [0.05, 0.1) is 29.2 Å². The lowest BCUT2D eigenvalue weighted by Gasteiger charge is -2.37. The zero-order valence-corrected chi connectivity index (χ0v) is 24.9. The number of carbonyl (C=O) groups is 1. The molecule has 196 valence electrons. The van der Waals surface area contributed by atoms with E-state index in [4.69, 9.17) is 19.0 Å². The fourth-order valence-corrected chi connectivity index (χ4v) is 6.23. The number of hydrogen-bond donors (Lipinski definition) is 1. The van der Waals surface area contributed by atoms with E-state index in [1.54, 1.807) is 12.2 Å². The fraction of sp³-hybridized carbons (Fsp3) is 0.519. The molecule has 0 aliphatic carbocycles. The summed E-state index contributed by atoms with van der Waals surface area (Å²) in [6.07, 6.45) is 0.212. The van der Waals surface area contributed by atoms with Crippen molar-refractivity contribution in [1.82, 2.24) is 5.06 Å². The molecule has 9 heteroatoms. The van der Waals surface area contributed by atoms with Gasteiger partial charge in [-0.05, 0) is 77.8 Å². The van der Waals surface area contributed by atoms with Crippen molar-refractivity contribution in [2.75, 3.05) is 7.11 Å². The standard InChI is InChI=1S/C27H36INO6Si/c1-17-23-22(14-27(2,3)36(5,6)31)35-29(24(23)26(30)34-17)15-19-8-7-9-21(28)25(19)33-16-18-10-12-20(32-4)13-11-18/h7-13,17,22-24,31H,14-16H2,1-6H3/t17-,22?,23+,24-/m0/s1.